The van der Waals surface area contributed by atoms with E-state index < -0.39 is 23.7 Å². The maximum Gasteiger partial charge on any atom is 0.330 e. The molecular formula is C15H15FN2O4. The Morgan fingerprint density at radius 3 is 2.50 bits per heavy atom. The highest BCUT2D eigenvalue weighted by Gasteiger charge is 2.26. The number of rotatable bonds is 4. The highest BCUT2D eigenvalue weighted by Crippen LogP contribution is 2.19. The number of nitrogens with one attached hydrogen (secondary N) is 1. The molecule has 0 bridgehead atoms. The van der Waals surface area contributed by atoms with E-state index in [1.165, 1.54) is 25.1 Å². The number of aliphatic carboxylic acids is 1. The zero-order chi connectivity index (χ0) is 16.4. The molecule has 0 aliphatic carbocycles. The van der Waals surface area contributed by atoms with Crippen LogP contribution in [0.25, 0.3) is 0 Å². The molecule has 1 aromatic heterocycles. The Morgan fingerprint density at radius 1 is 1.32 bits per heavy atom. The standard InChI is InChI=1S/C15H15FN2O4/c1-7-6-10(4-5-11(7)16)13(15(20)21)17-14(19)12-8(2)18-22-9(12)3/h4-6,13H,1-3H3,(H,17,19)(H,20,21). The molecule has 0 fully saturated rings. The van der Waals surface area contributed by atoms with Gasteiger partial charge in [0.05, 0.1) is 5.69 Å². The number of carboxylic acid groups (broad SMARTS) is 1. The van der Waals surface area contributed by atoms with E-state index in [4.69, 9.17) is 4.52 Å². The summed E-state index contributed by atoms with van der Waals surface area (Å²) in [6.45, 7) is 4.67. The van der Waals surface area contributed by atoms with Crippen molar-refractivity contribution in [3.8, 4) is 0 Å². The second kappa shape index (κ2) is 5.97. The summed E-state index contributed by atoms with van der Waals surface area (Å²) in [5.74, 6) is -1.99. The van der Waals surface area contributed by atoms with E-state index in [9.17, 15) is 19.1 Å². The predicted octanol–water partition coefficient (Wildman–Crippen LogP) is 2.29. The normalized spacial score (nSPS) is 12.0. The van der Waals surface area contributed by atoms with Gasteiger partial charge >= 0.3 is 5.97 Å². The van der Waals surface area contributed by atoms with E-state index in [0.717, 1.165) is 0 Å². The minimum atomic E-state index is -1.29. The molecule has 1 unspecified atom stereocenters. The Kier molecular flexibility index (Phi) is 4.25. The second-order valence-corrected chi connectivity index (χ2v) is 4.95. The summed E-state index contributed by atoms with van der Waals surface area (Å²) in [4.78, 5) is 23.7. The van der Waals surface area contributed by atoms with Gasteiger partial charge in [-0.3, -0.25) is 4.79 Å². The van der Waals surface area contributed by atoms with Gasteiger partial charge in [-0.15, -0.1) is 0 Å². The van der Waals surface area contributed by atoms with Gasteiger partial charge in [-0.1, -0.05) is 17.3 Å². The third-order valence-electron chi connectivity index (χ3n) is 3.30. The zero-order valence-electron chi connectivity index (χ0n) is 12.3. The maximum atomic E-state index is 13.3. The number of aryl methyl sites for hydroxylation is 3. The van der Waals surface area contributed by atoms with Crippen molar-refractivity contribution in [1.82, 2.24) is 10.5 Å². The Morgan fingerprint density at radius 2 is 2.00 bits per heavy atom. The van der Waals surface area contributed by atoms with Crippen molar-refractivity contribution < 1.29 is 23.6 Å². The van der Waals surface area contributed by atoms with Gasteiger partial charge in [0.2, 0.25) is 0 Å². The molecule has 7 heteroatoms. The third-order valence-corrected chi connectivity index (χ3v) is 3.30. The molecule has 1 aromatic carbocycles. The summed E-state index contributed by atoms with van der Waals surface area (Å²) in [5, 5.41) is 15.4. The topological polar surface area (TPSA) is 92.4 Å². The summed E-state index contributed by atoms with van der Waals surface area (Å²) in [5.41, 5.74) is 1.15. The lowest BCUT2D eigenvalue weighted by atomic mass is 10.0. The number of benzene rings is 1. The highest BCUT2D eigenvalue weighted by molar-refractivity contribution is 5.98. The van der Waals surface area contributed by atoms with E-state index >= 15 is 0 Å². The van der Waals surface area contributed by atoms with Crippen LogP contribution in [-0.4, -0.2) is 22.1 Å². The van der Waals surface area contributed by atoms with Gasteiger partial charge < -0.3 is 14.9 Å². The fourth-order valence-electron chi connectivity index (χ4n) is 2.15. The Labute approximate surface area is 125 Å². The third kappa shape index (κ3) is 2.98. The number of hydrogen-bond donors (Lipinski definition) is 2. The van der Waals surface area contributed by atoms with Gasteiger partial charge in [0.25, 0.3) is 5.91 Å². The number of amides is 1. The van der Waals surface area contributed by atoms with Gasteiger partial charge in [-0.2, -0.15) is 0 Å². The van der Waals surface area contributed by atoms with Gasteiger partial charge in [0.15, 0.2) is 6.04 Å². The Balaban J connectivity index is 2.32. The van der Waals surface area contributed by atoms with Crippen molar-refractivity contribution in [2.45, 2.75) is 26.8 Å². The fourth-order valence-corrected chi connectivity index (χ4v) is 2.15. The average Bonchev–Trinajstić information content (AvgIpc) is 2.78. The van der Waals surface area contributed by atoms with Crippen LogP contribution in [0.15, 0.2) is 22.7 Å². The summed E-state index contributed by atoms with van der Waals surface area (Å²) >= 11 is 0. The Hall–Kier alpha value is -2.70. The molecule has 2 aromatic rings. The number of carbonyl (C=O) groups excluding carboxylic acids is 1. The van der Waals surface area contributed by atoms with Crippen LogP contribution in [0.3, 0.4) is 0 Å². The number of halogens is 1. The molecule has 2 N–H and O–H groups in total. The molecular weight excluding hydrogens is 291 g/mol. The smallest absolute Gasteiger partial charge is 0.330 e. The van der Waals surface area contributed by atoms with E-state index in [0.29, 0.717) is 17.0 Å². The van der Waals surface area contributed by atoms with Gasteiger partial charge in [0.1, 0.15) is 17.1 Å². The van der Waals surface area contributed by atoms with Crippen molar-refractivity contribution in [2.75, 3.05) is 0 Å². The fraction of sp³-hybridized carbons (Fsp3) is 0.267. The number of carbonyl (C=O) groups is 2. The first-order valence-electron chi connectivity index (χ1n) is 6.54. The van der Waals surface area contributed by atoms with Crippen molar-refractivity contribution in [2.24, 2.45) is 0 Å². The first-order valence-corrected chi connectivity index (χ1v) is 6.54. The average molecular weight is 306 g/mol. The molecule has 1 heterocycles. The van der Waals surface area contributed by atoms with Gasteiger partial charge in [-0.25, -0.2) is 9.18 Å². The van der Waals surface area contributed by atoms with Crippen molar-refractivity contribution in [3.05, 3.63) is 52.2 Å². The van der Waals surface area contributed by atoms with Gasteiger partial charge in [0, 0.05) is 0 Å². The van der Waals surface area contributed by atoms with Crippen LogP contribution < -0.4 is 5.32 Å². The SMILES string of the molecule is Cc1cc(C(NC(=O)c2c(C)noc2C)C(=O)O)ccc1F. The molecule has 0 spiro atoms. The summed E-state index contributed by atoms with van der Waals surface area (Å²) in [6, 6.07) is 2.60. The molecule has 116 valence electrons. The number of carboxylic acids is 1. The van der Waals surface area contributed by atoms with E-state index in [2.05, 4.69) is 10.5 Å². The van der Waals surface area contributed by atoms with E-state index in [1.807, 2.05) is 0 Å². The molecule has 22 heavy (non-hydrogen) atoms. The van der Waals surface area contributed by atoms with E-state index in [-0.39, 0.29) is 11.1 Å². The lowest BCUT2D eigenvalue weighted by Gasteiger charge is -2.15. The molecule has 1 atom stereocenters. The van der Waals surface area contributed by atoms with Crippen LogP contribution in [0, 0.1) is 26.6 Å². The molecule has 0 saturated carbocycles. The predicted molar refractivity (Wildman–Crippen MR) is 75.0 cm³/mol. The summed E-state index contributed by atoms with van der Waals surface area (Å²) in [6.07, 6.45) is 0. The number of nitrogens with zero attached hydrogens (tertiary/aromatic N) is 1. The molecule has 2 rings (SSSR count). The summed E-state index contributed by atoms with van der Waals surface area (Å²) < 4.78 is 18.2. The number of aromatic nitrogens is 1. The Bertz CT molecular complexity index is 720. The lowest BCUT2D eigenvalue weighted by molar-refractivity contribution is -0.139. The first kappa shape index (κ1) is 15.7. The van der Waals surface area contributed by atoms with Crippen molar-refractivity contribution >= 4 is 11.9 Å². The molecule has 0 radical (unpaired) electrons. The largest absolute Gasteiger partial charge is 0.479 e. The minimum Gasteiger partial charge on any atom is -0.479 e. The van der Waals surface area contributed by atoms with Gasteiger partial charge in [-0.05, 0) is 38.0 Å². The quantitative estimate of drug-likeness (QED) is 0.904. The maximum absolute atomic E-state index is 13.3. The second-order valence-electron chi connectivity index (χ2n) is 4.95. The number of hydrogen-bond acceptors (Lipinski definition) is 4. The molecule has 0 saturated heterocycles. The van der Waals surface area contributed by atoms with Crippen molar-refractivity contribution in [1.29, 1.82) is 0 Å². The highest BCUT2D eigenvalue weighted by atomic mass is 19.1. The van der Waals surface area contributed by atoms with Crippen LogP contribution in [0.4, 0.5) is 4.39 Å². The minimum absolute atomic E-state index is 0.199. The van der Waals surface area contributed by atoms with Crippen LogP contribution in [0.5, 0.6) is 0 Å². The molecule has 0 aliphatic rings. The van der Waals surface area contributed by atoms with Crippen LogP contribution in [-0.2, 0) is 4.79 Å². The first-order chi connectivity index (χ1) is 10.3. The monoisotopic (exact) mass is 306 g/mol. The summed E-state index contributed by atoms with van der Waals surface area (Å²) in [7, 11) is 0. The van der Waals surface area contributed by atoms with Crippen LogP contribution in [0.2, 0.25) is 0 Å². The van der Waals surface area contributed by atoms with Crippen molar-refractivity contribution in [3.63, 3.8) is 0 Å². The zero-order valence-corrected chi connectivity index (χ0v) is 12.3. The molecule has 1 amide bonds. The molecule has 6 nitrogen and oxygen atoms in total. The molecule has 0 aliphatic heterocycles. The van der Waals surface area contributed by atoms with E-state index in [1.54, 1.807) is 13.8 Å². The van der Waals surface area contributed by atoms with Crippen LogP contribution in [0.1, 0.15) is 39.0 Å². The van der Waals surface area contributed by atoms with Crippen LogP contribution >= 0.6 is 0 Å². The lowest BCUT2D eigenvalue weighted by Crippen LogP contribution is -2.34.